The molecule has 120 valence electrons. The lowest BCUT2D eigenvalue weighted by Crippen LogP contribution is -2.11. The standard InChI is InChI=1S/C18H14BrN3OS/c1-24-18-20-17-16(21-22-18)14-8-3-2-5-11(14)10-15(23-17)12-6-4-7-13(19)9-12/h2-9,15H,10H2,1H3. The molecular formula is C18H14BrN3OS. The number of thioether (sulfide) groups is 1. The van der Waals surface area contributed by atoms with Gasteiger partial charge in [0.1, 0.15) is 6.10 Å². The highest BCUT2D eigenvalue weighted by atomic mass is 79.9. The summed E-state index contributed by atoms with van der Waals surface area (Å²) in [5.41, 5.74) is 4.05. The fraction of sp³-hybridized carbons (Fsp3) is 0.167. The zero-order valence-corrected chi connectivity index (χ0v) is 15.3. The van der Waals surface area contributed by atoms with Crippen LogP contribution in [-0.2, 0) is 6.42 Å². The normalized spacial score (nSPS) is 15.8. The van der Waals surface area contributed by atoms with E-state index in [1.54, 1.807) is 0 Å². The zero-order chi connectivity index (χ0) is 16.5. The Morgan fingerprint density at radius 2 is 2.00 bits per heavy atom. The second-order valence-electron chi connectivity index (χ2n) is 5.48. The summed E-state index contributed by atoms with van der Waals surface area (Å²) < 4.78 is 7.31. The molecule has 0 aliphatic carbocycles. The third-order valence-electron chi connectivity index (χ3n) is 3.97. The van der Waals surface area contributed by atoms with E-state index >= 15 is 0 Å². The third-order valence-corrected chi connectivity index (χ3v) is 5.00. The van der Waals surface area contributed by atoms with Crippen LogP contribution in [0.1, 0.15) is 17.2 Å². The Hall–Kier alpha value is -1.92. The molecule has 0 saturated carbocycles. The average Bonchev–Trinajstić information content (AvgIpc) is 2.78. The molecule has 0 saturated heterocycles. The van der Waals surface area contributed by atoms with Gasteiger partial charge >= 0.3 is 0 Å². The molecule has 4 nitrogen and oxygen atoms in total. The molecule has 3 aromatic rings. The first-order chi connectivity index (χ1) is 11.7. The van der Waals surface area contributed by atoms with Crippen LogP contribution in [0.15, 0.2) is 58.2 Å². The summed E-state index contributed by atoms with van der Waals surface area (Å²) in [5.74, 6) is 0.546. The number of nitrogens with zero attached hydrogens (tertiary/aromatic N) is 3. The minimum absolute atomic E-state index is 0.115. The number of aromatic nitrogens is 3. The van der Waals surface area contributed by atoms with Crippen molar-refractivity contribution in [2.24, 2.45) is 0 Å². The van der Waals surface area contributed by atoms with Crippen molar-refractivity contribution in [3.63, 3.8) is 0 Å². The molecule has 1 aliphatic rings. The first kappa shape index (κ1) is 15.6. The highest BCUT2D eigenvalue weighted by Crippen LogP contribution is 2.38. The van der Waals surface area contributed by atoms with Crippen molar-refractivity contribution >= 4 is 27.7 Å². The zero-order valence-electron chi connectivity index (χ0n) is 12.9. The van der Waals surface area contributed by atoms with Crippen molar-refractivity contribution in [3.8, 4) is 17.1 Å². The molecule has 0 spiro atoms. The van der Waals surface area contributed by atoms with E-state index in [-0.39, 0.29) is 6.10 Å². The van der Waals surface area contributed by atoms with Crippen LogP contribution in [0.3, 0.4) is 0 Å². The van der Waals surface area contributed by atoms with Gasteiger partial charge in [-0.05, 0) is 29.5 Å². The number of halogens is 1. The summed E-state index contributed by atoms with van der Waals surface area (Å²) in [7, 11) is 0. The quantitative estimate of drug-likeness (QED) is 0.584. The lowest BCUT2D eigenvalue weighted by atomic mass is 9.97. The summed E-state index contributed by atoms with van der Waals surface area (Å²) in [6.45, 7) is 0. The Morgan fingerprint density at radius 1 is 1.12 bits per heavy atom. The van der Waals surface area contributed by atoms with Crippen LogP contribution in [0.2, 0.25) is 0 Å². The lowest BCUT2D eigenvalue weighted by molar-refractivity contribution is 0.198. The van der Waals surface area contributed by atoms with Gasteiger partial charge < -0.3 is 4.74 Å². The molecule has 0 amide bonds. The van der Waals surface area contributed by atoms with Gasteiger partial charge in [-0.2, -0.15) is 4.98 Å². The van der Waals surface area contributed by atoms with E-state index in [0.717, 1.165) is 22.0 Å². The number of rotatable bonds is 2. The maximum Gasteiger partial charge on any atom is 0.245 e. The molecule has 2 heterocycles. The Balaban J connectivity index is 1.87. The van der Waals surface area contributed by atoms with Gasteiger partial charge in [-0.1, -0.05) is 64.1 Å². The van der Waals surface area contributed by atoms with Gasteiger partial charge in [0.2, 0.25) is 11.0 Å². The number of benzene rings is 2. The highest BCUT2D eigenvalue weighted by Gasteiger charge is 2.26. The molecule has 1 aliphatic heterocycles. The SMILES string of the molecule is CSc1nnc2c(n1)OC(c1cccc(Br)c1)Cc1ccccc1-2. The van der Waals surface area contributed by atoms with E-state index in [1.165, 1.54) is 17.3 Å². The van der Waals surface area contributed by atoms with Crippen LogP contribution >= 0.6 is 27.7 Å². The van der Waals surface area contributed by atoms with Crippen LogP contribution in [-0.4, -0.2) is 21.4 Å². The van der Waals surface area contributed by atoms with Crippen LogP contribution in [0.25, 0.3) is 11.3 Å². The molecule has 24 heavy (non-hydrogen) atoms. The second kappa shape index (κ2) is 6.53. The minimum Gasteiger partial charge on any atom is -0.467 e. The predicted molar refractivity (Wildman–Crippen MR) is 98.3 cm³/mol. The van der Waals surface area contributed by atoms with E-state index in [2.05, 4.69) is 55.4 Å². The fourth-order valence-corrected chi connectivity index (χ4v) is 3.55. The van der Waals surface area contributed by atoms with Gasteiger partial charge in [0, 0.05) is 16.5 Å². The van der Waals surface area contributed by atoms with E-state index in [4.69, 9.17) is 4.74 Å². The number of hydrogen-bond acceptors (Lipinski definition) is 5. The van der Waals surface area contributed by atoms with E-state index in [0.29, 0.717) is 16.7 Å². The van der Waals surface area contributed by atoms with Crippen molar-refractivity contribution < 1.29 is 4.74 Å². The smallest absolute Gasteiger partial charge is 0.245 e. The summed E-state index contributed by atoms with van der Waals surface area (Å²) in [6, 6.07) is 16.4. The summed E-state index contributed by atoms with van der Waals surface area (Å²) >= 11 is 4.99. The van der Waals surface area contributed by atoms with Crippen LogP contribution in [0.5, 0.6) is 5.88 Å². The van der Waals surface area contributed by atoms with Crippen molar-refractivity contribution in [3.05, 3.63) is 64.1 Å². The average molecular weight is 400 g/mol. The van der Waals surface area contributed by atoms with Crippen molar-refractivity contribution in [2.75, 3.05) is 6.26 Å². The summed E-state index contributed by atoms with van der Waals surface area (Å²) in [5, 5.41) is 9.16. The molecule has 0 bridgehead atoms. The molecule has 1 unspecified atom stereocenters. The summed E-state index contributed by atoms with van der Waals surface area (Å²) in [6.07, 6.45) is 2.58. The first-order valence-electron chi connectivity index (χ1n) is 7.53. The van der Waals surface area contributed by atoms with Gasteiger partial charge in [0.25, 0.3) is 0 Å². The highest BCUT2D eigenvalue weighted by molar-refractivity contribution is 9.10. The summed E-state index contributed by atoms with van der Waals surface area (Å²) in [4.78, 5) is 4.54. The van der Waals surface area contributed by atoms with Crippen molar-refractivity contribution in [2.45, 2.75) is 17.7 Å². The largest absolute Gasteiger partial charge is 0.467 e. The Bertz CT molecular complexity index is 903. The molecule has 1 aromatic heterocycles. The number of fused-ring (bicyclic) bond motifs is 3. The van der Waals surface area contributed by atoms with Gasteiger partial charge in [0.05, 0.1) is 0 Å². The number of hydrogen-bond donors (Lipinski definition) is 0. The molecule has 4 rings (SSSR count). The monoisotopic (exact) mass is 399 g/mol. The third kappa shape index (κ3) is 2.91. The Morgan fingerprint density at radius 3 is 2.83 bits per heavy atom. The van der Waals surface area contributed by atoms with Crippen LogP contribution in [0, 0.1) is 0 Å². The van der Waals surface area contributed by atoms with Crippen LogP contribution in [0.4, 0.5) is 0 Å². The van der Waals surface area contributed by atoms with Gasteiger partial charge in [-0.15, -0.1) is 10.2 Å². The van der Waals surface area contributed by atoms with Gasteiger partial charge in [-0.3, -0.25) is 0 Å². The molecule has 6 heteroatoms. The Labute approximate surface area is 152 Å². The molecule has 0 radical (unpaired) electrons. The van der Waals surface area contributed by atoms with E-state index in [9.17, 15) is 0 Å². The molecular weight excluding hydrogens is 386 g/mol. The molecule has 0 N–H and O–H groups in total. The maximum atomic E-state index is 6.28. The van der Waals surface area contributed by atoms with Gasteiger partial charge in [0.15, 0.2) is 5.69 Å². The molecule has 1 atom stereocenters. The minimum atomic E-state index is -0.115. The molecule has 0 fully saturated rings. The lowest BCUT2D eigenvalue weighted by Gasteiger charge is -2.17. The van der Waals surface area contributed by atoms with E-state index < -0.39 is 0 Å². The Kier molecular flexibility index (Phi) is 4.24. The van der Waals surface area contributed by atoms with Gasteiger partial charge in [-0.25, -0.2) is 0 Å². The fourth-order valence-electron chi connectivity index (χ4n) is 2.83. The predicted octanol–water partition coefficient (Wildman–Crippen LogP) is 4.70. The maximum absolute atomic E-state index is 6.28. The van der Waals surface area contributed by atoms with Crippen molar-refractivity contribution in [1.29, 1.82) is 0 Å². The number of ether oxygens (including phenoxy) is 1. The topological polar surface area (TPSA) is 47.9 Å². The molecule has 2 aromatic carbocycles. The van der Waals surface area contributed by atoms with Crippen molar-refractivity contribution in [1.82, 2.24) is 15.2 Å². The van der Waals surface area contributed by atoms with E-state index in [1.807, 2.05) is 30.5 Å². The first-order valence-corrected chi connectivity index (χ1v) is 9.55. The second-order valence-corrected chi connectivity index (χ2v) is 7.16. The van der Waals surface area contributed by atoms with Crippen LogP contribution < -0.4 is 4.74 Å².